The zero-order valence-electron chi connectivity index (χ0n) is 11.8. The number of nitrogens with two attached hydrogens (primary N) is 1. The monoisotopic (exact) mass is 259 g/mol. The van der Waals surface area contributed by atoms with Crippen LogP contribution < -0.4 is 5.73 Å². The predicted octanol–water partition coefficient (Wildman–Crippen LogP) is 2.01. The van der Waals surface area contributed by atoms with Gasteiger partial charge < -0.3 is 10.3 Å². The molecule has 2 N–H and O–H groups in total. The molecule has 0 radical (unpaired) electrons. The van der Waals surface area contributed by atoms with E-state index in [1.54, 1.807) is 0 Å². The molecule has 1 aliphatic rings. The molecule has 5 heteroatoms. The second-order valence-corrected chi connectivity index (χ2v) is 5.53. The lowest BCUT2D eigenvalue weighted by Gasteiger charge is -2.20. The molecule has 0 saturated carbocycles. The van der Waals surface area contributed by atoms with Gasteiger partial charge in [-0.05, 0) is 18.8 Å². The van der Waals surface area contributed by atoms with Crippen molar-refractivity contribution < 1.29 is 0 Å². The average molecular weight is 259 g/mol. The first-order valence-electron chi connectivity index (χ1n) is 6.98. The Labute approximate surface area is 113 Å². The van der Waals surface area contributed by atoms with E-state index >= 15 is 0 Å². The number of aryl methyl sites for hydroxylation is 3. The number of fused-ring (bicyclic) bond motifs is 1. The Morgan fingerprint density at radius 3 is 3.00 bits per heavy atom. The van der Waals surface area contributed by atoms with Gasteiger partial charge in [0.25, 0.3) is 0 Å². The van der Waals surface area contributed by atoms with Gasteiger partial charge in [-0.1, -0.05) is 13.8 Å². The van der Waals surface area contributed by atoms with Crippen LogP contribution in [0.1, 0.15) is 31.8 Å². The van der Waals surface area contributed by atoms with Crippen LogP contribution in [0.4, 0.5) is 5.82 Å². The third kappa shape index (κ3) is 1.93. The average Bonchev–Trinajstić information content (AvgIpc) is 2.91. The fraction of sp³-hybridized carbons (Fsp3) is 0.571. The molecule has 1 atom stereocenters. The minimum absolute atomic E-state index is 0.677. The Morgan fingerprint density at radius 1 is 1.47 bits per heavy atom. The number of hydrogen-bond donors (Lipinski definition) is 1. The summed E-state index contributed by atoms with van der Waals surface area (Å²) in [5.41, 5.74) is 9.37. The smallest absolute Gasteiger partial charge is 0.131 e. The number of anilines is 1. The summed E-state index contributed by atoms with van der Waals surface area (Å²) in [4.78, 5) is 4.76. The molecule has 5 nitrogen and oxygen atoms in total. The fourth-order valence-corrected chi connectivity index (χ4v) is 2.88. The lowest BCUT2D eigenvalue weighted by Crippen LogP contribution is -2.19. The molecule has 0 aliphatic carbocycles. The first kappa shape index (κ1) is 12.3. The van der Waals surface area contributed by atoms with Gasteiger partial charge in [-0.3, -0.25) is 4.68 Å². The summed E-state index contributed by atoms with van der Waals surface area (Å²) >= 11 is 0. The molecule has 1 unspecified atom stereocenters. The van der Waals surface area contributed by atoms with Crippen LogP contribution in [0.3, 0.4) is 0 Å². The second-order valence-electron chi connectivity index (χ2n) is 5.53. The van der Waals surface area contributed by atoms with E-state index < -0.39 is 0 Å². The van der Waals surface area contributed by atoms with E-state index in [-0.39, 0.29) is 0 Å². The highest BCUT2D eigenvalue weighted by molar-refractivity contribution is 5.72. The fourth-order valence-electron chi connectivity index (χ4n) is 2.88. The van der Waals surface area contributed by atoms with Gasteiger partial charge in [0.2, 0.25) is 0 Å². The zero-order chi connectivity index (χ0) is 13.6. The zero-order valence-corrected chi connectivity index (χ0v) is 11.8. The van der Waals surface area contributed by atoms with E-state index in [1.165, 1.54) is 6.42 Å². The van der Waals surface area contributed by atoms with Crippen LogP contribution in [-0.4, -0.2) is 19.3 Å². The largest absolute Gasteiger partial charge is 0.383 e. The van der Waals surface area contributed by atoms with E-state index in [0.29, 0.717) is 5.92 Å². The van der Waals surface area contributed by atoms with Gasteiger partial charge in [0.1, 0.15) is 17.3 Å². The normalized spacial score (nSPS) is 18.6. The molecular weight excluding hydrogens is 238 g/mol. The molecule has 0 amide bonds. The van der Waals surface area contributed by atoms with Crippen molar-refractivity contribution >= 4 is 5.82 Å². The molecule has 0 fully saturated rings. The number of hydrogen-bond acceptors (Lipinski definition) is 3. The van der Waals surface area contributed by atoms with Gasteiger partial charge >= 0.3 is 0 Å². The molecule has 0 spiro atoms. The summed E-state index contributed by atoms with van der Waals surface area (Å²) in [6.07, 6.45) is 5.14. The molecule has 2 aromatic heterocycles. The van der Waals surface area contributed by atoms with Crippen molar-refractivity contribution in [3.63, 3.8) is 0 Å². The number of rotatable bonds is 2. The van der Waals surface area contributed by atoms with Gasteiger partial charge in [-0.25, -0.2) is 4.98 Å². The van der Waals surface area contributed by atoms with E-state index in [0.717, 1.165) is 48.0 Å². The van der Waals surface area contributed by atoms with Gasteiger partial charge in [0.15, 0.2) is 0 Å². The van der Waals surface area contributed by atoms with Crippen molar-refractivity contribution in [3.8, 4) is 11.3 Å². The Bertz CT molecular complexity index is 608. The molecule has 0 aromatic carbocycles. The summed E-state index contributed by atoms with van der Waals surface area (Å²) in [6, 6.07) is 0. The Hall–Kier alpha value is -1.78. The molecular formula is C14H21N5. The van der Waals surface area contributed by atoms with Crippen LogP contribution in [0.5, 0.6) is 0 Å². The lowest BCUT2D eigenvalue weighted by atomic mass is 10.0. The first-order chi connectivity index (χ1) is 9.10. The Kier molecular flexibility index (Phi) is 2.84. The van der Waals surface area contributed by atoms with E-state index in [4.69, 9.17) is 10.7 Å². The van der Waals surface area contributed by atoms with Gasteiger partial charge in [-0.2, -0.15) is 5.10 Å². The Balaban J connectivity index is 2.11. The van der Waals surface area contributed by atoms with E-state index in [1.807, 2.05) is 17.9 Å². The van der Waals surface area contributed by atoms with Crippen LogP contribution in [0.15, 0.2) is 6.20 Å². The molecule has 3 rings (SSSR count). The number of nitrogen functional groups attached to an aromatic ring is 1. The molecule has 2 aromatic rings. The summed E-state index contributed by atoms with van der Waals surface area (Å²) < 4.78 is 4.02. The van der Waals surface area contributed by atoms with E-state index in [9.17, 15) is 0 Å². The predicted molar refractivity (Wildman–Crippen MR) is 75.7 cm³/mol. The topological polar surface area (TPSA) is 61.7 Å². The van der Waals surface area contributed by atoms with Crippen LogP contribution in [0, 0.1) is 5.92 Å². The maximum absolute atomic E-state index is 6.31. The van der Waals surface area contributed by atoms with E-state index in [2.05, 4.69) is 23.5 Å². The molecule has 0 saturated heterocycles. The van der Waals surface area contributed by atoms with Crippen LogP contribution in [-0.2, 0) is 26.4 Å². The third-order valence-corrected chi connectivity index (χ3v) is 3.94. The van der Waals surface area contributed by atoms with Crippen molar-refractivity contribution in [1.82, 2.24) is 19.3 Å². The van der Waals surface area contributed by atoms with Gasteiger partial charge in [0, 0.05) is 31.8 Å². The van der Waals surface area contributed by atoms with Crippen molar-refractivity contribution in [3.05, 3.63) is 17.7 Å². The number of nitrogens with zero attached hydrogens (tertiary/aromatic N) is 4. The molecule has 102 valence electrons. The summed E-state index contributed by atoms with van der Waals surface area (Å²) in [5, 5.41) is 4.48. The maximum atomic E-state index is 6.31. The SMILES string of the molecule is CCc1nn(C)cc1-c1nc2n(c1N)CC(C)CC2. The minimum Gasteiger partial charge on any atom is -0.383 e. The quantitative estimate of drug-likeness (QED) is 0.897. The highest BCUT2D eigenvalue weighted by Crippen LogP contribution is 2.32. The second kappa shape index (κ2) is 4.40. The number of aromatic nitrogens is 4. The first-order valence-corrected chi connectivity index (χ1v) is 6.98. The standard InChI is InChI=1S/C14H21N5/c1-4-11-10(8-18(3)17-11)13-14(15)19-7-9(2)5-6-12(19)16-13/h8-9H,4-7,15H2,1-3H3. The maximum Gasteiger partial charge on any atom is 0.131 e. The van der Waals surface area contributed by atoms with Gasteiger partial charge in [0.05, 0.1) is 5.69 Å². The van der Waals surface area contributed by atoms with Crippen molar-refractivity contribution in [2.45, 2.75) is 39.7 Å². The molecule has 19 heavy (non-hydrogen) atoms. The molecule has 0 bridgehead atoms. The lowest BCUT2D eigenvalue weighted by molar-refractivity contribution is 0.397. The third-order valence-electron chi connectivity index (χ3n) is 3.94. The summed E-state index contributed by atoms with van der Waals surface area (Å²) in [6.45, 7) is 5.36. The summed E-state index contributed by atoms with van der Waals surface area (Å²) in [7, 11) is 1.94. The highest BCUT2D eigenvalue weighted by atomic mass is 15.3. The van der Waals surface area contributed by atoms with Crippen LogP contribution >= 0.6 is 0 Å². The Morgan fingerprint density at radius 2 is 2.26 bits per heavy atom. The minimum atomic E-state index is 0.677. The highest BCUT2D eigenvalue weighted by Gasteiger charge is 2.23. The molecule has 1 aliphatic heterocycles. The molecule has 3 heterocycles. The van der Waals surface area contributed by atoms with Crippen molar-refractivity contribution in [2.75, 3.05) is 5.73 Å². The number of imidazole rings is 1. The van der Waals surface area contributed by atoms with Crippen LogP contribution in [0.2, 0.25) is 0 Å². The van der Waals surface area contributed by atoms with Crippen molar-refractivity contribution in [2.24, 2.45) is 13.0 Å². The van der Waals surface area contributed by atoms with Crippen molar-refractivity contribution in [1.29, 1.82) is 0 Å². The van der Waals surface area contributed by atoms with Gasteiger partial charge in [-0.15, -0.1) is 0 Å². The summed E-state index contributed by atoms with van der Waals surface area (Å²) in [5.74, 6) is 2.59. The van der Waals surface area contributed by atoms with Crippen LogP contribution in [0.25, 0.3) is 11.3 Å².